The second kappa shape index (κ2) is 10.9. The van der Waals surface area contributed by atoms with Crippen LogP contribution in [0.4, 0.5) is 10.1 Å². The average Bonchev–Trinajstić information content (AvgIpc) is 2.83. The molecule has 0 bridgehead atoms. The molecular formula is C27H29FN4O2. The summed E-state index contributed by atoms with van der Waals surface area (Å²) in [7, 11) is 0. The van der Waals surface area contributed by atoms with E-state index in [4.69, 9.17) is 4.99 Å². The molecule has 34 heavy (non-hydrogen) atoms. The minimum absolute atomic E-state index is 0.213. The third kappa shape index (κ3) is 6.42. The first-order chi connectivity index (χ1) is 16.5. The molecule has 0 aromatic heterocycles. The molecule has 3 aromatic rings. The largest absolute Gasteiger partial charge is 0.478 e. The summed E-state index contributed by atoms with van der Waals surface area (Å²) >= 11 is 0. The summed E-state index contributed by atoms with van der Waals surface area (Å²) in [4.78, 5) is 20.7. The van der Waals surface area contributed by atoms with Crippen molar-refractivity contribution in [1.82, 2.24) is 9.80 Å². The zero-order chi connectivity index (χ0) is 23.9. The molecule has 7 heteroatoms. The van der Waals surface area contributed by atoms with Gasteiger partial charge in [0, 0.05) is 38.4 Å². The number of carboxylic acid groups (broad SMARTS) is 1. The predicted molar refractivity (Wildman–Crippen MR) is 133 cm³/mol. The number of nitrogens with zero attached hydrogens (tertiary/aromatic N) is 3. The van der Waals surface area contributed by atoms with Gasteiger partial charge in [-0.25, -0.2) is 14.2 Å². The molecule has 1 fully saturated rings. The van der Waals surface area contributed by atoms with Gasteiger partial charge >= 0.3 is 5.97 Å². The fourth-order valence-corrected chi connectivity index (χ4v) is 3.95. The lowest BCUT2D eigenvalue weighted by Gasteiger charge is -2.36. The number of piperazine rings is 1. The van der Waals surface area contributed by atoms with Crippen molar-refractivity contribution in [3.05, 3.63) is 101 Å². The molecular weight excluding hydrogens is 431 g/mol. The Balaban J connectivity index is 1.47. The number of aryl methyl sites for hydroxylation is 1. The van der Waals surface area contributed by atoms with Crippen molar-refractivity contribution in [2.75, 3.05) is 31.5 Å². The van der Waals surface area contributed by atoms with Gasteiger partial charge < -0.3 is 15.3 Å². The summed E-state index contributed by atoms with van der Waals surface area (Å²) in [5, 5.41) is 12.7. The van der Waals surface area contributed by atoms with Crippen LogP contribution in [-0.2, 0) is 13.1 Å². The van der Waals surface area contributed by atoms with Crippen molar-refractivity contribution in [3.8, 4) is 0 Å². The van der Waals surface area contributed by atoms with Crippen molar-refractivity contribution in [1.29, 1.82) is 0 Å². The van der Waals surface area contributed by atoms with Crippen LogP contribution in [0.25, 0.3) is 0 Å². The number of aliphatic imine (C=N–C) groups is 1. The topological polar surface area (TPSA) is 68.2 Å². The molecule has 2 N–H and O–H groups in total. The monoisotopic (exact) mass is 460 g/mol. The maximum atomic E-state index is 13.5. The van der Waals surface area contributed by atoms with Gasteiger partial charge in [-0.15, -0.1) is 0 Å². The van der Waals surface area contributed by atoms with Gasteiger partial charge in [0.2, 0.25) is 0 Å². The summed E-state index contributed by atoms with van der Waals surface area (Å²) in [6, 6.07) is 21.8. The molecule has 0 aliphatic carbocycles. The van der Waals surface area contributed by atoms with E-state index in [1.807, 2.05) is 12.1 Å². The molecule has 0 radical (unpaired) electrons. The maximum Gasteiger partial charge on any atom is 0.335 e. The molecule has 1 aliphatic heterocycles. The number of hydrogen-bond acceptors (Lipinski definition) is 3. The van der Waals surface area contributed by atoms with E-state index < -0.39 is 5.97 Å². The van der Waals surface area contributed by atoms with Crippen LogP contribution in [0.1, 0.15) is 27.0 Å². The van der Waals surface area contributed by atoms with E-state index in [0.29, 0.717) is 24.7 Å². The smallest absolute Gasteiger partial charge is 0.335 e. The van der Waals surface area contributed by atoms with E-state index in [1.165, 1.54) is 11.6 Å². The van der Waals surface area contributed by atoms with Crippen molar-refractivity contribution in [2.45, 2.75) is 20.0 Å². The minimum Gasteiger partial charge on any atom is -0.478 e. The highest BCUT2D eigenvalue weighted by Crippen LogP contribution is 2.15. The van der Waals surface area contributed by atoms with Crippen LogP contribution in [0.2, 0.25) is 0 Å². The molecule has 4 rings (SSSR count). The fourth-order valence-electron chi connectivity index (χ4n) is 3.95. The first kappa shape index (κ1) is 23.4. The second-order valence-corrected chi connectivity index (χ2v) is 8.53. The minimum atomic E-state index is -0.965. The highest BCUT2D eigenvalue weighted by molar-refractivity contribution is 5.95. The van der Waals surface area contributed by atoms with E-state index in [2.05, 4.69) is 46.3 Å². The highest BCUT2D eigenvalue weighted by Gasteiger charge is 2.20. The van der Waals surface area contributed by atoms with Crippen LogP contribution in [0.15, 0.2) is 77.8 Å². The zero-order valence-electron chi connectivity index (χ0n) is 19.2. The van der Waals surface area contributed by atoms with E-state index >= 15 is 0 Å². The molecule has 0 atom stereocenters. The van der Waals surface area contributed by atoms with Crippen LogP contribution in [0.5, 0.6) is 0 Å². The van der Waals surface area contributed by atoms with E-state index in [9.17, 15) is 14.3 Å². The third-order valence-corrected chi connectivity index (χ3v) is 5.86. The summed E-state index contributed by atoms with van der Waals surface area (Å²) in [5.74, 6) is -0.462. The third-order valence-electron chi connectivity index (χ3n) is 5.86. The Labute approximate surface area is 199 Å². The molecule has 0 unspecified atom stereocenters. The van der Waals surface area contributed by atoms with Crippen LogP contribution < -0.4 is 5.32 Å². The van der Waals surface area contributed by atoms with Gasteiger partial charge in [-0.1, -0.05) is 48.0 Å². The number of carbonyl (C=O) groups is 1. The van der Waals surface area contributed by atoms with Gasteiger partial charge in [0.05, 0.1) is 12.1 Å². The Hall–Kier alpha value is -3.71. The predicted octanol–water partition coefficient (Wildman–Crippen LogP) is 4.62. The molecule has 1 saturated heterocycles. The standard InChI is InChI=1S/C27H29FN4O2/c1-20-8-10-21(11-9-20)18-29-27(30-25-7-3-5-23(17-25)26(33)34)32-14-12-31(13-15-32)19-22-4-2-6-24(28)16-22/h2-11,16-17H,12-15,18-19H2,1H3,(H,29,30)(H,33,34). The van der Waals surface area contributed by atoms with E-state index in [-0.39, 0.29) is 11.4 Å². The number of anilines is 1. The van der Waals surface area contributed by atoms with Crippen molar-refractivity contribution >= 4 is 17.6 Å². The summed E-state index contributed by atoms with van der Waals surface area (Å²) in [6.07, 6.45) is 0. The zero-order valence-corrected chi connectivity index (χ0v) is 19.2. The van der Waals surface area contributed by atoms with Crippen molar-refractivity contribution in [3.63, 3.8) is 0 Å². The van der Waals surface area contributed by atoms with Gasteiger partial charge in [-0.2, -0.15) is 0 Å². The first-order valence-electron chi connectivity index (χ1n) is 11.4. The van der Waals surface area contributed by atoms with E-state index in [1.54, 1.807) is 30.3 Å². The van der Waals surface area contributed by atoms with Crippen LogP contribution in [0.3, 0.4) is 0 Å². The molecule has 1 aliphatic rings. The van der Waals surface area contributed by atoms with Crippen LogP contribution >= 0.6 is 0 Å². The van der Waals surface area contributed by atoms with Gasteiger partial charge in [0.1, 0.15) is 5.82 Å². The van der Waals surface area contributed by atoms with Crippen molar-refractivity contribution < 1.29 is 14.3 Å². The number of benzene rings is 3. The number of guanidine groups is 1. The normalized spacial score (nSPS) is 14.8. The number of nitrogens with one attached hydrogen (secondary N) is 1. The van der Waals surface area contributed by atoms with E-state index in [0.717, 1.165) is 37.3 Å². The molecule has 3 aromatic carbocycles. The maximum absolute atomic E-state index is 13.5. The lowest BCUT2D eigenvalue weighted by Crippen LogP contribution is -2.50. The van der Waals surface area contributed by atoms with Gasteiger partial charge in [-0.3, -0.25) is 4.90 Å². The average molecular weight is 461 g/mol. The lowest BCUT2D eigenvalue weighted by molar-refractivity contribution is 0.0697. The molecule has 0 amide bonds. The lowest BCUT2D eigenvalue weighted by atomic mass is 10.1. The quantitative estimate of drug-likeness (QED) is 0.415. The Bertz CT molecular complexity index is 1160. The molecule has 0 saturated carbocycles. The van der Waals surface area contributed by atoms with Crippen LogP contribution in [0, 0.1) is 12.7 Å². The number of rotatable bonds is 6. The van der Waals surface area contributed by atoms with Crippen molar-refractivity contribution in [2.24, 2.45) is 4.99 Å². The number of halogens is 1. The fraction of sp³-hybridized carbons (Fsp3) is 0.259. The number of aromatic carboxylic acids is 1. The summed E-state index contributed by atoms with van der Waals surface area (Å²) in [6.45, 7) is 6.42. The van der Waals surface area contributed by atoms with Gasteiger partial charge in [0.15, 0.2) is 5.96 Å². The molecule has 0 spiro atoms. The summed E-state index contributed by atoms with van der Waals surface area (Å²) in [5.41, 5.74) is 4.18. The number of carboxylic acids is 1. The van der Waals surface area contributed by atoms with Gasteiger partial charge in [-0.05, 0) is 48.4 Å². The summed E-state index contributed by atoms with van der Waals surface area (Å²) < 4.78 is 13.5. The second-order valence-electron chi connectivity index (χ2n) is 8.53. The first-order valence-corrected chi connectivity index (χ1v) is 11.4. The molecule has 6 nitrogen and oxygen atoms in total. The SMILES string of the molecule is Cc1ccc(CN=C(Nc2cccc(C(=O)O)c2)N2CCN(Cc3cccc(F)c3)CC2)cc1. The van der Waals surface area contributed by atoms with Crippen LogP contribution in [-0.4, -0.2) is 53.0 Å². The Morgan fingerprint density at radius 1 is 0.971 bits per heavy atom. The number of hydrogen-bond donors (Lipinski definition) is 2. The highest BCUT2D eigenvalue weighted by atomic mass is 19.1. The Kier molecular flexibility index (Phi) is 7.54. The molecule has 1 heterocycles. The Morgan fingerprint density at radius 3 is 2.41 bits per heavy atom. The molecule has 176 valence electrons. The van der Waals surface area contributed by atoms with Gasteiger partial charge in [0.25, 0.3) is 0 Å². The Morgan fingerprint density at radius 2 is 1.71 bits per heavy atom.